The van der Waals surface area contributed by atoms with Gasteiger partial charge in [-0.1, -0.05) is 24.3 Å². The van der Waals surface area contributed by atoms with Crippen LogP contribution in [0.3, 0.4) is 0 Å². The maximum atomic E-state index is 12.9. The van der Waals surface area contributed by atoms with Gasteiger partial charge in [0.2, 0.25) is 5.95 Å². The summed E-state index contributed by atoms with van der Waals surface area (Å²) in [5, 5.41) is 13.2. The fourth-order valence-electron chi connectivity index (χ4n) is 5.98. The van der Waals surface area contributed by atoms with Crippen molar-refractivity contribution in [2.45, 2.75) is 89.1 Å². The van der Waals surface area contributed by atoms with E-state index in [1.807, 2.05) is 40.9 Å². The number of anilines is 1. The molecule has 2 aromatic heterocycles. The number of aromatic nitrogens is 3. The SMILES string of the molecule is C[C@@H]1CCC[C@H](C)N1c1nnc2ccc(O[C@@H]3CC[C@H](NC(=O)N(OC=O)C4CC4)c4ccccc43)cn12. The largest absolute Gasteiger partial charge is 0.484 e. The molecule has 4 atom stereocenters. The number of pyridine rings is 1. The predicted octanol–water partition coefficient (Wildman–Crippen LogP) is 4.71. The number of hydroxylamine groups is 2. The molecule has 200 valence electrons. The lowest BCUT2D eigenvalue weighted by Crippen LogP contribution is -2.44. The van der Waals surface area contributed by atoms with Crippen LogP contribution in [0.25, 0.3) is 5.65 Å². The Kier molecular flexibility index (Phi) is 6.55. The first kappa shape index (κ1) is 24.5. The van der Waals surface area contributed by atoms with Gasteiger partial charge in [0.15, 0.2) is 5.65 Å². The summed E-state index contributed by atoms with van der Waals surface area (Å²) in [5.41, 5.74) is 2.85. The van der Waals surface area contributed by atoms with Gasteiger partial charge in [0, 0.05) is 12.1 Å². The highest BCUT2D eigenvalue weighted by Crippen LogP contribution is 2.39. The predicted molar refractivity (Wildman–Crippen MR) is 141 cm³/mol. The number of hydrogen-bond acceptors (Lipinski definition) is 7. The van der Waals surface area contributed by atoms with Crippen LogP contribution in [0.4, 0.5) is 10.7 Å². The van der Waals surface area contributed by atoms with Crippen molar-refractivity contribution in [1.29, 1.82) is 0 Å². The van der Waals surface area contributed by atoms with Crippen molar-refractivity contribution >= 4 is 24.1 Å². The zero-order valence-corrected chi connectivity index (χ0v) is 21.8. The van der Waals surface area contributed by atoms with Gasteiger partial charge in [-0.2, -0.15) is 5.06 Å². The molecule has 1 N–H and O–H groups in total. The number of amides is 2. The van der Waals surface area contributed by atoms with Crippen LogP contribution < -0.4 is 15.0 Å². The molecule has 10 nitrogen and oxygen atoms in total. The highest BCUT2D eigenvalue weighted by atomic mass is 16.7. The minimum atomic E-state index is -0.384. The third kappa shape index (κ3) is 4.63. The van der Waals surface area contributed by atoms with Gasteiger partial charge in [0.1, 0.15) is 11.9 Å². The van der Waals surface area contributed by atoms with Gasteiger partial charge in [-0.25, -0.2) is 4.79 Å². The summed E-state index contributed by atoms with van der Waals surface area (Å²) in [5.74, 6) is 1.60. The summed E-state index contributed by atoms with van der Waals surface area (Å²) in [7, 11) is 0. The zero-order valence-electron chi connectivity index (χ0n) is 21.8. The molecule has 1 saturated heterocycles. The van der Waals surface area contributed by atoms with Crippen LogP contribution in [0, 0.1) is 0 Å². The van der Waals surface area contributed by atoms with Crippen LogP contribution in [0.1, 0.15) is 82.1 Å². The van der Waals surface area contributed by atoms with E-state index in [4.69, 9.17) is 9.57 Å². The van der Waals surface area contributed by atoms with Crippen molar-refractivity contribution in [2.24, 2.45) is 0 Å². The number of nitrogens with one attached hydrogen (secondary N) is 1. The quantitative estimate of drug-likeness (QED) is 0.357. The van der Waals surface area contributed by atoms with Gasteiger partial charge in [-0.15, -0.1) is 10.2 Å². The second kappa shape index (κ2) is 10.2. The summed E-state index contributed by atoms with van der Waals surface area (Å²) in [6, 6.07) is 12.1. The zero-order chi connectivity index (χ0) is 26.2. The molecule has 0 radical (unpaired) electrons. The molecule has 3 aromatic rings. The monoisotopic (exact) mass is 518 g/mol. The fraction of sp³-hybridized carbons (Fsp3) is 0.500. The van der Waals surface area contributed by atoms with Gasteiger partial charge < -0.3 is 19.8 Å². The number of piperidine rings is 1. The van der Waals surface area contributed by atoms with E-state index in [1.165, 1.54) is 6.42 Å². The average molecular weight is 519 g/mol. The number of carbonyl (C=O) groups is 2. The van der Waals surface area contributed by atoms with E-state index in [2.05, 4.69) is 40.3 Å². The van der Waals surface area contributed by atoms with Crippen LogP contribution in [-0.4, -0.2) is 50.3 Å². The van der Waals surface area contributed by atoms with E-state index in [-0.39, 0.29) is 24.2 Å². The first-order chi connectivity index (χ1) is 18.5. The summed E-state index contributed by atoms with van der Waals surface area (Å²) in [4.78, 5) is 31.1. The number of urea groups is 1. The number of ether oxygens (including phenoxy) is 1. The molecule has 3 aliphatic rings. The van der Waals surface area contributed by atoms with Gasteiger partial charge in [-0.05, 0) is 82.1 Å². The molecule has 10 heteroatoms. The molecule has 2 fully saturated rings. The van der Waals surface area contributed by atoms with Gasteiger partial charge in [0.25, 0.3) is 0 Å². The van der Waals surface area contributed by atoms with Crippen LogP contribution in [-0.2, 0) is 9.63 Å². The third-order valence-corrected chi connectivity index (χ3v) is 8.03. The number of fused-ring (bicyclic) bond motifs is 2. The lowest BCUT2D eigenvalue weighted by Gasteiger charge is -2.39. The minimum absolute atomic E-state index is 0.0384. The third-order valence-electron chi connectivity index (χ3n) is 8.03. The van der Waals surface area contributed by atoms with Crippen molar-refractivity contribution in [3.63, 3.8) is 0 Å². The molecule has 0 spiro atoms. The maximum Gasteiger partial charge on any atom is 0.351 e. The average Bonchev–Trinajstić information content (AvgIpc) is 3.68. The number of hydrogen-bond donors (Lipinski definition) is 1. The lowest BCUT2D eigenvalue weighted by atomic mass is 9.85. The van der Waals surface area contributed by atoms with E-state index in [0.29, 0.717) is 25.0 Å². The first-order valence-electron chi connectivity index (χ1n) is 13.6. The number of rotatable bonds is 7. The van der Waals surface area contributed by atoms with E-state index in [9.17, 15) is 9.59 Å². The number of nitrogens with zero attached hydrogens (tertiary/aromatic N) is 5. The Morgan fingerprint density at radius 1 is 1.00 bits per heavy atom. The summed E-state index contributed by atoms with van der Waals surface area (Å²) < 4.78 is 8.59. The molecule has 0 bridgehead atoms. The normalized spacial score (nSPS) is 24.9. The van der Waals surface area contributed by atoms with E-state index < -0.39 is 0 Å². The molecule has 0 unspecified atom stereocenters. The Bertz CT molecular complexity index is 1310. The van der Waals surface area contributed by atoms with Crippen molar-refractivity contribution < 1.29 is 19.2 Å². The smallest absolute Gasteiger partial charge is 0.351 e. The van der Waals surface area contributed by atoms with Crippen molar-refractivity contribution in [1.82, 2.24) is 25.0 Å². The molecule has 2 amide bonds. The van der Waals surface area contributed by atoms with Gasteiger partial charge in [0.05, 0.1) is 18.3 Å². The van der Waals surface area contributed by atoms with E-state index in [0.717, 1.165) is 65.6 Å². The Labute approximate surface area is 221 Å². The van der Waals surface area contributed by atoms with Crippen molar-refractivity contribution in [3.05, 3.63) is 53.7 Å². The lowest BCUT2D eigenvalue weighted by molar-refractivity contribution is -0.161. The van der Waals surface area contributed by atoms with Crippen LogP contribution >= 0.6 is 0 Å². The van der Waals surface area contributed by atoms with Gasteiger partial charge >= 0.3 is 12.5 Å². The van der Waals surface area contributed by atoms with E-state index >= 15 is 0 Å². The van der Waals surface area contributed by atoms with Crippen molar-refractivity contribution in [3.8, 4) is 5.75 Å². The Hall–Kier alpha value is -3.82. The first-order valence-corrected chi connectivity index (χ1v) is 13.6. The molecule has 2 aliphatic carbocycles. The molecule has 6 rings (SSSR count). The molecule has 1 aromatic carbocycles. The highest BCUT2D eigenvalue weighted by molar-refractivity contribution is 5.75. The van der Waals surface area contributed by atoms with Crippen LogP contribution in [0.5, 0.6) is 5.75 Å². The Balaban J connectivity index is 1.22. The fourth-order valence-corrected chi connectivity index (χ4v) is 5.98. The number of carbonyl (C=O) groups excluding carboxylic acids is 2. The topological polar surface area (TPSA) is 101 Å². The molecule has 1 aliphatic heterocycles. The standard InChI is InChI=1S/C28H34N6O4/c1-18-6-5-7-19(2)33(18)27-31-30-26-15-12-21(16-32(26)27)38-25-14-13-24(22-8-3-4-9-23(22)25)29-28(36)34(37-17-35)20-10-11-20/h3-4,8-9,12,15-20,24-25H,5-7,10-11,13-14H2,1-2H3,(H,29,36)/t18-,19+,24-,25+/m0/s1. The highest BCUT2D eigenvalue weighted by Gasteiger charge is 2.37. The Morgan fingerprint density at radius 3 is 2.50 bits per heavy atom. The molecular formula is C28H34N6O4. The van der Waals surface area contributed by atoms with Crippen LogP contribution in [0.2, 0.25) is 0 Å². The molecule has 3 heterocycles. The molecule has 38 heavy (non-hydrogen) atoms. The molecule has 1 saturated carbocycles. The van der Waals surface area contributed by atoms with Gasteiger partial charge in [-0.3, -0.25) is 9.20 Å². The summed E-state index contributed by atoms with van der Waals surface area (Å²) >= 11 is 0. The molecular weight excluding hydrogens is 484 g/mol. The second-order valence-corrected chi connectivity index (χ2v) is 10.7. The van der Waals surface area contributed by atoms with E-state index in [1.54, 1.807) is 0 Å². The maximum absolute atomic E-state index is 12.9. The van der Waals surface area contributed by atoms with Crippen molar-refractivity contribution in [2.75, 3.05) is 4.90 Å². The minimum Gasteiger partial charge on any atom is -0.484 e. The number of benzene rings is 1. The Morgan fingerprint density at radius 2 is 1.76 bits per heavy atom. The van der Waals surface area contributed by atoms with Crippen LogP contribution in [0.15, 0.2) is 42.6 Å². The summed E-state index contributed by atoms with van der Waals surface area (Å²) in [6.45, 7) is 4.81. The second-order valence-electron chi connectivity index (χ2n) is 10.7. The summed E-state index contributed by atoms with van der Waals surface area (Å²) in [6.07, 6.45) is 8.46.